The Balaban J connectivity index is 0. The first-order valence-electron chi connectivity index (χ1n) is 1.57. The summed E-state index contributed by atoms with van der Waals surface area (Å²) in [5.41, 5.74) is 0.449. The Morgan fingerprint density at radius 1 is 1.75 bits per heavy atom. The average Bonchev–Trinajstić information content (AvgIpc) is 1.69. The second-order valence-electron chi connectivity index (χ2n) is 0.933. The molecule has 0 spiro atoms. The maximum atomic E-state index is 9.28. The zero-order chi connectivity index (χ0) is 6.99. The van der Waals surface area contributed by atoms with Gasteiger partial charge < -0.3 is 4.79 Å². The molecule has 4 heteroatoms. The van der Waals surface area contributed by atoms with Crippen molar-refractivity contribution in [3.8, 4) is 0 Å². The molecule has 0 radical (unpaired) electrons. The molecule has 50 valence electrons. The fraction of sp³-hybridized carbons (Fsp3) is 0.250. The molecule has 0 unspecified atom stereocenters. The molecule has 0 aliphatic carbocycles. The summed E-state index contributed by atoms with van der Waals surface area (Å²) in [6.07, 6.45) is 1.58. The van der Waals surface area contributed by atoms with E-state index in [4.69, 9.17) is 19.4 Å². The summed E-state index contributed by atoms with van der Waals surface area (Å²) in [4.78, 5) is 9.28. The van der Waals surface area contributed by atoms with Gasteiger partial charge in [0.05, 0.1) is 0 Å². The van der Waals surface area contributed by atoms with Crippen molar-refractivity contribution in [1.82, 2.24) is 0 Å². The predicted molar refractivity (Wildman–Crippen MR) is 32.2 cm³/mol. The molecule has 0 aromatic rings. The van der Waals surface area contributed by atoms with Crippen molar-refractivity contribution < 1.29 is 19.9 Å². The minimum absolute atomic E-state index is 0.346. The van der Waals surface area contributed by atoms with Gasteiger partial charge in [-0.05, 0) is 6.29 Å². The van der Waals surface area contributed by atoms with Crippen LogP contribution in [0.5, 0.6) is 0 Å². The molecule has 0 aliphatic rings. The van der Waals surface area contributed by atoms with Gasteiger partial charge in [0.25, 0.3) is 0 Å². The Bertz CT molecular complexity index is 74.4. The van der Waals surface area contributed by atoms with E-state index in [1.165, 1.54) is 0 Å². The molecule has 0 atom stereocenters. The summed E-state index contributed by atoms with van der Waals surface area (Å²) in [6.45, 7) is 4.85. The molecule has 0 fully saturated rings. The molecule has 0 saturated heterocycles. The third-order valence-corrected chi connectivity index (χ3v) is 0.174. The van der Waals surface area contributed by atoms with Crippen LogP contribution in [-0.2, 0) is 19.9 Å². The molecule has 0 rings (SSSR count). The van der Waals surface area contributed by atoms with Crippen molar-refractivity contribution in [2.24, 2.45) is 0 Å². The van der Waals surface area contributed by atoms with Gasteiger partial charge in [0.15, 0.2) is 0 Å². The molecule has 0 saturated carbocycles. The van der Waals surface area contributed by atoms with Crippen molar-refractivity contribution in [1.29, 1.82) is 0 Å². The van der Waals surface area contributed by atoms with E-state index in [0.717, 1.165) is 0 Å². The van der Waals surface area contributed by atoms with Crippen LogP contribution in [0.4, 0.5) is 0 Å². The Labute approximate surface area is 64.7 Å². The van der Waals surface area contributed by atoms with Crippen molar-refractivity contribution in [3.63, 3.8) is 0 Å². The van der Waals surface area contributed by atoms with Crippen LogP contribution < -0.4 is 0 Å². The fourth-order valence-electron chi connectivity index (χ4n) is 0. The average molecular weight is 241 g/mol. The number of carbonyl (C=O) groups excluding carboxylic acids is 1. The van der Waals surface area contributed by atoms with Crippen molar-refractivity contribution in [3.05, 3.63) is 12.2 Å². The van der Waals surface area contributed by atoms with Gasteiger partial charge in [-0.3, -0.25) is 0 Å². The number of hydrogen-bond donors (Lipinski definition) is 0. The van der Waals surface area contributed by atoms with Crippen LogP contribution in [0.25, 0.3) is 0 Å². The third kappa shape index (κ3) is 30.5. The van der Waals surface area contributed by atoms with Crippen LogP contribution in [-0.4, -0.2) is 6.29 Å². The van der Waals surface area contributed by atoms with Gasteiger partial charge in [-0.15, -0.1) is 0 Å². The Morgan fingerprint density at radius 3 is 1.88 bits per heavy atom. The second-order valence-corrected chi connectivity index (χ2v) is 3.57. The monoisotopic (exact) mass is 241 g/mol. The maximum absolute atomic E-state index is 9.28. The summed E-state index contributed by atoms with van der Waals surface area (Å²) in [6, 6.07) is 0. The fourth-order valence-corrected chi connectivity index (χ4v) is 0. The molecule has 1 nitrogen and oxygen atoms in total. The van der Waals surface area contributed by atoms with Gasteiger partial charge in [0.2, 0.25) is 0 Å². The van der Waals surface area contributed by atoms with E-state index in [-0.39, 0.29) is 15.1 Å². The molecule has 8 heavy (non-hydrogen) atoms. The first kappa shape index (κ1) is 11.4. The molecule has 0 bridgehead atoms. The van der Waals surface area contributed by atoms with E-state index < -0.39 is 0 Å². The topological polar surface area (TPSA) is 17.1 Å². The van der Waals surface area contributed by atoms with E-state index >= 15 is 0 Å². The van der Waals surface area contributed by atoms with Crippen molar-refractivity contribution >= 4 is 25.7 Å². The third-order valence-electron chi connectivity index (χ3n) is 0.174. The Kier molecular flexibility index (Phi) is 15.1. The molecule has 0 amide bonds. The first-order chi connectivity index (χ1) is 3.68. The van der Waals surface area contributed by atoms with E-state index in [1.54, 1.807) is 13.2 Å². The summed E-state index contributed by atoms with van der Waals surface area (Å²) in [7, 11) is 9.71. The molecule has 0 aliphatic heterocycles. The van der Waals surface area contributed by atoms with Crippen molar-refractivity contribution in [2.75, 3.05) is 0 Å². The van der Waals surface area contributed by atoms with Gasteiger partial charge in [0.1, 0.15) is 0 Å². The quantitative estimate of drug-likeness (QED) is 0.390. The van der Waals surface area contributed by atoms with Crippen molar-refractivity contribution in [2.45, 2.75) is 6.92 Å². The number of hydrogen-bond acceptors (Lipinski definition) is 1. The van der Waals surface area contributed by atoms with Crippen LogP contribution in [0.2, 0.25) is 0 Å². The van der Waals surface area contributed by atoms with E-state index in [2.05, 4.69) is 6.58 Å². The summed E-state index contributed by atoms with van der Waals surface area (Å²) < 4.78 is 0. The zero-order valence-electron chi connectivity index (χ0n) is 4.22. The molecular formula is C4H5Cl2ORu-. The van der Waals surface area contributed by atoms with Gasteiger partial charge in [-0.2, -0.15) is 5.57 Å². The van der Waals surface area contributed by atoms with E-state index in [1.807, 2.05) is 0 Å². The number of allylic oxidation sites excluding steroid dienone is 1. The molecule has 0 aromatic carbocycles. The normalized spacial score (nSPS) is 6.88. The summed E-state index contributed by atoms with van der Waals surface area (Å²) >= 11 is -0.346. The van der Waals surface area contributed by atoms with Gasteiger partial charge in [0, 0.05) is 0 Å². The van der Waals surface area contributed by atoms with Crippen LogP contribution in [0.3, 0.4) is 0 Å². The van der Waals surface area contributed by atoms with Crippen LogP contribution >= 0.6 is 19.4 Å². The molecule has 0 aromatic heterocycles. The van der Waals surface area contributed by atoms with Gasteiger partial charge >= 0.3 is 34.5 Å². The number of halogens is 2. The second kappa shape index (κ2) is 10.6. The van der Waals surface area contributed by atoms with E-state index in [9.17, 15) is 4.79 Å². The molecular weight excluding hydrogens is 236 g/mol. The summed E-state index contributed by atoms with van der Waals surface area (Å²) in [5, 5.41) is 0. The number of rotatable bonds is 1. The Morgan fingerprint density at radius 2 is 1.88 bits per heavy atom. The van der Waals surface area contributed by atoms with Gasteiger partial charge in [-0.1, -0.05) is 6.92 Å². The first-order valence-corrected chi connectivity index (χ1v) is 6.05. The minimum atomic E-state index is -0.346. The molecule has 0 N–H and O–H groups in total. The SMILES string of the molecule is C=C(C)[C-]=O.[Cl][Ru][Cl]. The molecule has 0 heterocycles. The van der Waals surface area contributed by atoms with Crippen LogP contribution in [0.1, 0.15) is 6.92 Å². The summed E-state index contributed by atoms with van der Waals surface area (Å²) in [5.74, 6) is 0. The standard InChI is InChI=1S/C4H5O.2ClH.Ru/c1-4(2)3-5;;;/h1H2,2H3;2*1H;/q-1;;;+2/p-2. The van der Waals surface area contributed by atoms with Crippen LogP contribution in [0, 0.1) is 0 Å². The van der Waals surface area contributed by atoms with Crippen LogP contribution in [0.15, 0.2) is 12.2 Å². The predicted octanol–water partition coefficient (Wildman–Crippen LogP) is 2.05. The zero-order valence-corrected chi connectivity index (χ0v) is 7.47. The van der Waals surface area contributed by atoms with E-state index in [0.29, 0.717) is 5.57 Å². The Hall–Kier alpha value is 0.613. The van der Waals surface area contributed by atoms with Gasteiger partial charge in [-0.25, -0.2) is 6.58 Å².